The van der Waals surface area contributed by atoms with Crippen LogP contribution >= 0.6 is 0 Å². The second kappa shape index (κ2) is 12.3. The molecule has 0 aliphatic heterocycles. The van der Waals surface area contributed by atoms with Gasteiger partial charge in [-0.15, -0.1) is 0 Å². The summed E-state index contributed by atoms with van der Waals surface area (Å²) >= 11 is 0. The van der Waals surface area contributed by atoms with E-state index in [1.165, 1.54) is 12.7 Å². The maximum Gasteiger partial charge on any atom is 0.137 e. The zero-order valence-electron chi connectivity index (χ0n) is 10.7. The fourth-order valence-electron chi connectivity index (χ4n) is 0.875. The Balaban J connectivity index is 0.000000133. The molecule has 4 N–H and O–H groups in total. The molecule has 0 bridgehead atoms. The Kier molecular flexibility index (Phi) is 9.16. The van der Waals surface area contributed by atoms with Gasteiger partial charge in [-0.05, 0) is 18.2 Å². The molecule has 0 fully saturated rings. The summed E-state index contributed by atoms with van der Waals surface area (Å²) in [6.45, 7) is 0. The predicted octanol–water partition coefficient (Wildman–Crippen LogP) is 1.64. The fourth-order valence-corrected chi connectivity index (χ4v) is 0.875. The maximum atomic E-state index is 3.67. The predicted molar refractivity (Wildman–Crippen MR) is 74.4 cm³/mol. The van der Waals surface area contributed by atoms with Gasteiger partial charge in [0.2, 0.25) is 0 Å². The van der Waals surface area contributed by atoms with E-state index in [-0.39, 0.29) is 0 Å². The first-order valence-electron chi connectivity index (χ1n) is 5.73. The Morgan fingerprint density at radius 2 is 1.50 bits per heavy atom. The minimum absolute atomic E-state index is 1.44. The molecule has 8 heteroatoms. The second-order valence-electron chi connectivity index (χ2n) is 3.06. The van der Waals surface area contributed by atoms with E-state index in [4.69, 9.17) is 0 Å². The highest BCUT2D eigenvalue weighted by atomic mass is 15.2. The van der Waals surface area contributed by atoms with Gasteiger partial charge in [-0.25, -0.2) is 9.97 Å². The fraction of sp³-hybridized carbons (Fsp3) is 0. The molecule has 0 spiro atoms. The summed E-state index contributed by atoms with van der Waals surface area (Å²) in [5, 5.41) is 12.2. The number of aromatic nitrogens is 8. The van der Waals surface area contributed by atoms with E-state index in [1.807, 2.05) is 30.6 Å². The second-order valence-corrected chi connectivity index (χ2v) is 3.06. The largest absolute Gasteiger partial charge is 0.368 e. The van der Waals surface area contributed by atoms with Crippen molar-refractivity contribution in [3.8, 4) is 0 Å². The Labute approximate surface area is 115 Å². The Morgan fingerprint density at radius 1 is 0.600 bits per heavy atom. The van der Waals surface area contributed by atoms with Crippen LogP contribution in [0, 0.1) is 0 Å². The molecule has 0 amide bonds. The molecule has 4 aromatic rings. The standard InChI is InChI=1S/C4H5N.2C3H4N2.C2H3N3/c1-2-4-5-3-1;1-2-5-3-4-1;1-2-4-5-3-1;1-3-2-5-4-1/h1-5H;2*1-3H,(H,4,5);1-2H,(H,3,4,5). The van der Waals surface area contributed by atoms with E-state index in [0.717, 1.165) is 0 Å². The third-order valence-corrected chi connectivity index (χ3v) is 1.64. The molecular weight excluding hydrogens is 256 g/mol. The number of hydrogen-bond acceptors (Lipinski definition) is 4. The molecule has 0 unspecified atom stereocenters. The number of rotatable bonds is 0. The first kappa shape index (κ1) is 14.9. The number of H-pyrrole nitrogens is 4. The van der Waals surface area contributed by atoms with Crippen molar-refractivity contribution in [1.29, 1.82) is 0 Å². The molecule has 0 aliphatic rings. The molecule has 4 aromatic heterocycles. The molecule has 8 nitrogen and oxygen atoms in total. The van der Waals surface area contributed by atoms with Gasteiger partial charge in [-0.2, -0.15) is 10.2 Å². The monoisotopic (exact) mass is 272 g/mol. The zero-order chi connectivity index (χ0) is 14.1. The first-order chi connectivity index (χ1) is 10.0. The molecule has 0 atom stereocenters. The summed E-state index contributed by atoms with van der Waals surface area (Å²) < 4.78 is 0. The summed E-state index contributed by atoms with van der Waals surface area (Å²) in [6, 6.07) is 5.72. The van der Waals surface area contributed by atoms with Crippen LogP contribution in [-0.2, 0) is 0 Å². The Bertz CT molecular complexity index is 350. The van der Waals surface area contributed by atoms with E-state index in [1.54, 1.807) is 31.1 Å². The quantitative estimate of drug-likeness (QED) is 0.389. The van der Waals surface area contributed by atoms with Crippen molar-refractivity contribution in [1.82, 2.24) is 40.3 Å². The normalized spacial score (nSPS) is 8.00. The van der Waals surface area contributed by atoms with E-state index in [0.29, 0.717) is 0 Å². The average molecular weight is 272 g/mol. The van der Waals surface area contributed by atoms with Gasteiger partial charge in [-0.3, -0.25) is 10.2 Å². The molecule has 4 rings (SSSR count). The van der Waals surface area contributed by atoms with Crippen molar-refractivity contribution >= 4 is 0 Å². The van der Waals surface area contributed by atoms with Gasteiger partial charge < -0.3 is 9.97 Å². The van der Waals surface area contributed by atoms with Crippen LogP contribution in [0.25, 0.3) is 0 Å². The van der Waals surface area contributed by atoms with Gasteiger partial charge in [0.05, 0.1) is 6.33 Å². The highest BCUT2D eigenvalue weighted by Crippen LogP contribution is 1.72. The summed E-state index contributed by atoms with van der Waals surface area (Å²) in [5.41, 5.74) is 0. The van der Waals surface area contributed by atoms with E-state index < -0.39 is 0 Å². The Hall–Kier alpha value is -3.16. The van der Waals surface area contributed by atoms with Gasteiger partial charge in [-0.1, -0.05) is 0 Å². The molecule has 104 valence electrons. The highest BCUT2D eigenvalue weighted by Gasteiger charge is 1.58. The van der Waals surface area contributed by atoms with Crippen molar-refractivity contribution in [2.45, 2.75) is 0 Å². The van der Waals surface area contributed by atoms with Gasteiger partial charge >= 0.3 is 0 Å². The molecular formula is C12H16N8. The SMILES string of the molecule is c1c[nH]cn1.c1cc[nH]c1.c1cn[nH]c1.c1nc[nH]n1. The van der Waals surface area contributed by atoms with Crippen LogP contribution in [0.2, 0.25) is 0 Å². The van der Waals surface area contributed by atoms with Crippen molar-refractivity contribution < 1.29 is 0 Å². The summed E-state index contributed by atoms with van der Waals surface area (Å²) in [5.74, 6) is 0. The lowest BCUT2D eigenvalue weighted by molar-refractivity contribution is 1.09. The zero-order valence-corrected chi connectivity index (χ0v) is 10.7. The number of aromatic amines is 4. The first-order valence-corrected chi connectivity index (χ1v) is 5.73. The van der Waals surface area contributed by atoms with Gasteiger partial charge in [0, 0.05) is 37.2 Å². The molecule has 4 heterocycles. The minimum atomic E-state index is 1.44. The minimum Gasteiger partial charge on any atom is -0.368 e. The summed E-state index contributed by atoms with van der Waals surface area (Å²) in [6.07, 6.45) is 15.2. The van der Waals surface area contributed by atoms with Gasteiger partial charge in [0.1, 0.15) is 12.7 Å². The van der Waals surface area contributed by atoms with Crippen molar-refractivity contribution in [3.63, 3.8) is 0 Å². The van der Waals surface area contributed by atoms with Crippen molar-refractivity contribution in [2.24, 2.45) is 0 Å². The number of nitrogens with one attached hydrogen (secondary N) is 4. The Morgan fingerprint density at radius 3 is 1.70 bits per heavy atom. The molecule has 20 heavy (non-hydrogen) atoms. The summed E-state index contributed by atoms with van der Waals surface area (Å²) in [4.78, 5) is 12.8. The number of imidazole rings is 1. The van der Waals surface area contributed by atoms with Crippen LogP contribution in [0.15, 0.2) is 74.4 Å². The topological polar surface area (TPSA) is 115 Å². The summed E-state index contributed by atoms with van der Waals surface area (Å²) in [7, 11) is 0. The number of nitrogens with zero attached hydrogens (tertiary/aromatic N) is 4. The molecule has 0 aromatic carbocycles. The lowest BCUT2D eigenvalue weighted by Gasteiger charge is -1.49. The van der Waals surface area contributed by atoms with Crippen LogP contribution in [0.5, 0.6) is 0 Å². The third-order valence-electron chi connectivity index (χ3n) is 1.64. The number of hydrogen-bond donors (Lipinski definition) is 4. The lowest BCUT2D eigenvalue weighted by Crippen LogP contribution is -1.53. The van der Waals surface area contributed by atoms with Crippen LogP contribution in [0.3, 0.4) is 0 Å². The van der Waals surface area contributed by atoms with Crippen LogP contribution in [0.4, 0.5) is 0 Å². The van der Waals surface area contributed by atoms with E-state index in [9.17, 15) is 0 Å². The molecule has 0 saturated carbocycles. The highest BCUT2D eigenvalue weighted by molar-refractivity contribution is 4.84. The lowest BCUT2D eigenvalue weighted by atomic mass is 10.7. The van der Waals surface area contributed by atoms with Gasteiger partial charge in [0.25, 0.3) is 0 Å². The molecule has 0 saturated heterocycles. The maximum absolute atomic E-state index is 3.67. The smallest absolute Gasteiger partial charge is 0.137 e. The van der Waals surface area contributed by atoms with Crippen molar-refractivity contribution in [3.05, 3.63) is 74.4 Å². The average Bonchev–Trinajstić information content (AvgIpc) is 3.40. The van der Waals surface area contributed by atoms with Crippen molar-refractivity contribution in [2.75, 3.05) is 0 Å². The van der Waals surface area contributed by atoms with Crippen LogP contribution in [-0.4, -0.2) is 40.3 Å². The molecule has 0 radical (unpaired) electrons. The van der Waals surface area contributed by atoms with Crippen LogP contribution < -0.4 is 0 Å². The molecule has 0 aliphatic carbocycles. The van der Waals surface area contributed by atoms with E-state index >= 15 is 0 Å². The third kappa shape index (κ3) is 10.0. The van der Waals surface area contributed by atoms with E-state index in [2.05, 4.69) is 40.3 Å². The van der Waals surface area contributed by atoms with Gasteiger partial charge in [0.15, 0.2) is 0 Å². The van der Waals surface area contributed by atoms with Crippen LogP contribution in [0.1, 0.15) is 0 Å².